The van der Waals surface area contributed by atoms with Crippen LogP contribution in [0.15, 0.2) is 23.1 Å². The standard InChI is InChI=1S/C13H20N2O2S/c1-10-5-4-6-12-13(10)15(8-7-14-3)9-11(2)18(12,16)17/h4-6,11,14H,7-9H2,1-3H3. The van der Waals surface area contributed by atoms with Gasteiger partial charge in [-0.1, -0.05) is 12.1 Å². The maximum atomic E-state index is 12.3. The first-order chi connectivity index (χ1) is 8.48. The van der Waals surface area contributed by atoms with Gasteiger partial charge in [0.1, 0.15) is 0 Å². The van der Waals surface area contributed by atoms with Crippen molar-refractivity contribution < 1.29 is 8.42 Å². The Morgan fingerprint density at radius 3 is 2.83 bits per heavy atom. The predicted octanol–water partition coefficient (Wildman–Crippen LogP) is 1.20. The fraction of sp³-hybridized carbons (Fsp3) is 0.538. The summed E-state index contributed by atoms with van der Waals surface area (Å²) in [6.45, 7) is 6.00. The highest BCUT2D eigenvalue weighted by Crippen LogP contribution is 2.35. The Morgan fingerprint density at radius 1 is 1.44 bits per heavy atom. The zero-order valence-electron chi connectivity index (χ0n) is 11.1. The van der Waals surface area contributed by atoms with E-state index in [0.29, 0.717) is 11.4 Å². The molecule has 1 aromatic carbocycles. The first kappa shape index (κ1) is 13.4. The molecule has 1 unspecified atom stereocenters. The maximum Gasteiger partial charge on any atom is 0.184 e. The molecular weight excluding hydrogens is 248 g/mol. The number of benzene rings is 1. The molecule has 18 heavy (non-hydrogen) atoms. The molecule has 1 atom stereocenters. The second-order valence-corrected chi connectivity index (χ2v) is 7.16. The average molecular weight is 268 g/mol. The average Bonchev–Trinajstić information content (AvgIpc) is 2.32. The number of rotatable bonds is 3. The van der Waals surface area contributed by atoms with E-state index in [1.165, 1.54) is 0 Å². The summed E-state index contributed by atoms with van der Waals surface area (Å²) in [6, 6.07) is 5.51. The van der Waals surface area contributed by atoms with Crippen molar-refractivity contribution in [2.45, 2.75) is 24.0 Å². The van der Waals surface area contributed by atoms with E-state index in [0.717, 1.165) is 24.3 Å². The minimum atomic E-state index is -3.16. The van der Waals surface area contributed by atoms with Crippen LogP contribution >= 0.6 is 0 Å². The van der Waals surface area contributed by atoms with E-state index >= 15 is 0 Å². The fourth-order valence-electron chi connectivity index (χ4n) is 2.43. The van der Waals surface area contributed by atoms with Gasteiger partial charge in [0, 0.05) is 19.6 Å². The summed E-state index contributed by atoms with van der Waals surface area (Å²) in [6.07, 6.45) is 0. The lowest BCUT2D eigenvalue weighted by molar-refractivity contribution is 0.570. The van der Waals surface area contributed by atoms with Gasteiger partial charge in [-0.15, -0.1) is 0 Å². The van der Waals surface area contributed by atoms with E-state index < -0.39 is 9.84 Å². The van der Waals surface area contributed by atoms with Crippen molar-refractivity contribution in [3.8, 4) is 0 Å². The molecule has 0 aromatic heterocycles. The van der Waals surface area contributed by atoms with E-state index in [-0.39, 0.29) is 5.25 Å². The fourth-order valence-corrected chi connectivity index (χ4v) is 4.07. The molecule has 4 nitrogen and oxygen atoms in total. The summed E-state index contributed by atoms with van der Waals surface area (Å²) in [5.41, 5.74) is 1.91. The summed E-state index contributed by atoms with van der Waals surface area (Å²) >= 11 is 0. The molecule has 1 aromatic rings. The van der Waals surface area contributed by atoms with Gasteiger partial charge in [-0.2, -0.15) is 0 Å². The maximum absolute atomic E-state index is 12.3. The lowest BCUT2D eigenvalue weighted by Crippen LogP contribution is -2.43. The van der Waals surface area contributed by atoms with Crippen LogP contribution in [-0.4, -0.2) is 40.3 Å². The Hall–Kier alpha value is -1.07. The number of aryl methyl sites for hydroxylation is 1. The van der Waals surface area contributed by atoms with Crippen molar-refractivity contribution in [1.29, 1.82) is 0 Å². The van der Waals surface area contributed by atoms with Gasteiger partial charge in [0.25, 0.3) is 0 Å². The van der Waals surface area contributed by atoms with E-state index in [4.69, 9.17) is 0 Å². The molecular formula is C13H20N2O2S. The second-order valence-electron chi connectivity index (χ2n) is 4.83. The summed E-state index contributed by atoms with van der Waals surface area (Å²) in [4.78, 5) is 2.66. The van der Waals surface area contributed by atoms with Crippen molar-refractivity contribution in [3.63, 3.8) is 0 Å². The van der Waals surface area contributed by atoms with Crippen LogP contribution in [-0.2, 0) is 9.84 Å². The van der Waals surface area contributed by atoms with Gasteiger partial charge in [-0.05, 0) is 32.5 Å². The summed E-state index contributed by atoms with van der Waals surface area (Å²) in [7, 11) is -1.26. The monoisotopic (exact) mass is 268 g/mol. The lowest BCUT2D eigenvalue weighted by Gasteiger charge is -2.35. The normalized spacial score (nSPS) is 21.7. The van der Waals surface area contributed by atoms with Gasteiger partial charge >= 0.3 is 0 Å². The third kappa shape index (κ3) is 2.12. The highest BCUT2D eigenvalue weighted by molar-refractivity contribution is 7.92. The summed E-state index contributed by atoms with van der Waals surface area (Å²) in [5.74, 6) is 0. The van der Waals surface area contributed by atoms with Crippen LogP contribution in [0, 0.1) is 6.92 Å². The third-order valence-corrected chi connectivity index (χ3v) is 5.61. The van der Waals surface area contributed by atoms with Gasteiger partial charge in [0.2, 0.25) is 0 Å². The minimum Gasteiger partial charge on any atom is -0.368 e. The van der Waals surface area contributed by atoms with Gasteiger partial charge in [0.15, 0.2) is 9.84 Å². The van der Waals surface area contributed by atoms with Gasteiger partial charge in [-0.3, -0.25) is 0 Å². The number of nitrogens with one attached hydrogen (secondary N) is 1. The zero-order valence-corrected chi connectivity index (χ0v) is 11.9. The van der Waals surface area contributed by atoms with Crippen LogP contribution < -0.4 is 10.2 Å². The molecule has 2 rings (SSSR count). The quantitative estimate of drug-likeness (QED) is 0.895. The Bertz CT molecular complexity index is 540. The van der Waals surface area contributed by atoms with Crippen LogP contribution in [0.3, 0.4) is 0 Å². The molecule has 0 amide bonds. The molecule has 1 N–H and O–H groups in total. The summed E-state index contributed by atoms with van der Waals surface area (Å²) < 4.78 is 24.7. The molecule has 1 aliphatic rings. The zero-order chi connectivity index (χ0) is 13.3. The Morgan fingerprint density at radius 2 is 2.17 bits per heavy atom. The van der Waals surface area contributed by atoms with Crippen molar-refractivity contribution in [3.05, 3.63) is 23.8 Å². The molecule has 0 aliphatic carbocycles. The van der Waals surface area contributed by atoms with Crippen LogP contribution in [0.25, 0.3) is 0 Å². The smallest absolute Gasteiger partial charge is 0.184 e. The molecule has 1 heterocycles. The van der Waals surface area contributed by atoms with E-state index in [2.05, 4.69) is 10.2 Å². The Balaban J connectivity index is 2.52. The highest BCUT2D eigenvalue weighted by Gasteiger charge is 2.34. The van der Waals surface area contributed by atoms with Gasteiger partial charge in [-0.25, -0.2) is 8.42 Å². The number of para-hydroxylation sites is 1. The van der Waals surface area contributed by atoms with Crippen molar-refractivity contribution in [2.24, 2.45) is 0 Å². The van der Waals surface area contributed by atoms with Crippen LogP contribution in [0.2, 0.25) is 0 Å². The molecule has 0 spiro atoms. The van der Waals surface area contributed by atoms with E-state index in [1.54, 1.807) is 13.0 Å². The van der Waals surface area contributed by atoms with E-state index in [1.807, 2.05) is 26.1 Å². The van der Waals surface area contributed by atoms with Crippen LogP contribution in [0.4, 0.5) is 5.69 Å². The number of anilines is 1. The van der Waals surface area contributed by atoms with Crippen molar-refractivity contribution in [1.82, 2.24) is 5.32 Å². The number of nitrogens with zero attached hydrogens (tertiary/aromatic N) is 1. The Labute approximate surface area is 109 Å². The summed E-state index contributed by atoms with van der Waals surface area (Å²) in [5, 5.41) is 2.77. The molecule has 1 aliphatic heterocycles. The van der Waals surface area contributed by atoms with Crippen molar-refractivity contribution >= 4 is 15.5 Å². The molecule has 0 saturated heterocycles. The number of likely N-dealkylation sites (N-methyl/N-ethyl adjacent to an activating group) is 1. The predicted molar refractivity (Wildman–Crippen MR) is 74.0 cm³/mol. The molecule has 0 bridgehead atoms. The Kier molecular flexibility index (Phi) is 3.64. The SMILES string of the molecule is CNCCN1CC(C)S(=O)(=O)c2cccc(C)c21. The van der Waals surface area contributed by atoms with Crippen molar-refractivity contribution in [2.75, 3.05) is 31.6 Å². The highest BCUT2D eigenvalue weighted by atomic mass is 32.2. The molecule has 100 valence electrons. The minimum absolute atomic E-state index is 0.344. The number of sulfone groups is 1. The molecule has 5 heteroatoms. The van der Waals surface area contributed by atoms with Crippen LogP contribution in [0.5, 0.6) is 0 Å². The molecule has 0 fully saturated rings. The van der Waals surface area contributed by atoms with Gasteiger partial charge in [0.05, 0.1) is 15.8 Å². The topological polar surface area (TPSA) is 49.4 Å². The largest absolute Gasteiger partial charge is 0.368 e. The molecule has 0 radical (unpaired) electrons. The van der Waals surface area contributed by atoms with Gasteiger partial charge < -0.3 is 10.2 Å². The first-order valence-corrected chi connectivity index (χ1v) is 7.76. The number of fused-ring (bicyclic) bond motifs is 1. The number of hydrogen-bond acceptors (Lipinski definition) is 4. The molecule has 0 saturated carbocycles. The first-order valence-electron chi connectivity index (χ1n) is 6.21. The van der Waals surface area contributed by atoms with E-state index in [9.17, 15) is 8.42 Å². The second kappa shape index (κ2) is 4.90. The lowest BCUT2D eigenvalue weighted by atomic mass is 10.1. The van der Waals surface area contributed by atoms with Crippen LogP contribution in [0.1, 0.15) is 12.5 Å². The number of hydrogen-bond donors (Lipinski definition) is 1. The third-order valence-electron chi connectivity index (χ3n) is 3.46.